The lowest BCUT2D eigenvalue weighted by molar-refractivity contribution is 0.195. The lowest BCUT2D eigenvalue weighted by Crippen LogP contribution is -2.62. The molecule has 1 fully saturated rings. The first-order valence-corrected chi connectivity index (χ1v) is 32.9. The van der Waals surface area contributed by atoms with Gasteiger partial charge in [0, 0.05) is 65.4 Å². The summed E-state index contributed by atoms with van der Waals surface area (Å²) >= 11 is 1.94. The van der Waals surface area contributed by atoms with Gasteiger partial charge in [0.25, 0.3) is 6.71 Å². The highest BCUT2D eigenvalue weighted by atomic mass is 32.1. The fraction of sp³-hybridized carbons (Fsp3) is 0.462. The van der Waals surface area contributed by atoms with Crippen molar-refractivity contribution >= 4 is 100 Å². The standard InChI is InChI=1S/C78H90BN3S/c1-70(2,3)47-27-30-60-57(39-47)77(16)31-20-21-32-78(77,17)82(60)49-41-64-69-65(42-49)81(61-24-22-26-67-68(61)50-23-18-19-25-66(50)83-67)63-46-56-54(74(10,11)36-38-76(56,14)15)44-59(63)79(69)58-43-53-55(75(12,13)37-35-73(53,8)9)45-62(58)80(64)48-28-29-51-52(40-48)72(6,7)34-33-71(51,4)5/h18-19,22-30,39-46H,20-21,31-38H2,1-17H3. The summed E-state index contributed by atoms with van der Waals surface area (Å²) in [5.41, 5.74) is 27.1. The zero-order chi connectivity index (χ0) is 58.3. The molecule has 8 aromatic rings. The minimum Gasteiger partial charge on any atom is -0.334 e. The van der Waals surface area contributed by atoms with Crippen LogP contribution >= 0.6 is 11.3 Å². The largest absolute Gasteiger partial charge is 0.334 e. The van der Waals surface area contributed by atoms with E-state index in [2.05, 4.69) is 248 Å². The van der Waals surface area contributed by atoms with Crippen LogP contribution in [0.3, 0.4) is 0 Å². The normalized spacial score (nSPS) is 24.3. The lowest BCUT2D eigenvalue weighted by atomic mass is 9.32. The molecule has 0 amide bonds. The van der Waals surface area contributed by atoms with E-state index in [0.29, 0.717) is 0 Å². The molecule has 0 saturated heterocycles. The van der Waals surface area contributed by atoms with Crippen molar-refractivity contribution in [3.05, 3.63) is 160 Å². The molecule has 1 aromatic heterocycles. The first-order chi connectivity index (χ1) is 39.0. The van der Waals surface area contributed by atoms with Gasteiger partial charge in [0.1, 0.15) is 0 Å². The molecule has 5 heteroatoms. The highest BCUT2D eigenvalue weighted by Gasteiger charge is 2.59. The molecule has 4 heterocycles. The molecule has 3 aliphatic heterocycles. The quantitative estimate of drug-likeness (QED) is 0.163. The van der Waals surface area contributed by atoms with Gasteiger partial charge in [0.2, 0.25) is 0 Å². The predicted molar refractivity (Wildman–Crippen MR) is 361 cm³/mol. The zero-order valence-corrected chi connectivity index (χ0v) is 54.2. The molecule has 2 unspecified atom stereocenters. The maximum Gasteiger partial charge on any atom is 0.252 e. The van der Waals surface area contributed by atoms with Crippen LogP contribution < -0.4 is 31.1 Å². The van der Waals surface area contributed by atoms with E-state index in [4.69, 9.17) is 0 Å². The van der Waals surface area contributed by atoms with Crippen molar-refractivity contribution in [3.8, 4) is 0 Å². The van der Waals surface area contributed by atoms with Crippen molar-refractivity contribution < 1.29 is 0 Å². The average molecular weight is 1110 g/mol. The zero-order valence-electron chi connectivity index (χ0n) is 53.4. The number of anilines is 8. The number of hydrogen-bond donors (Lipinski definition) is 0. The fourth-order valence-electron chi connectivity index (χ4n) is 18.0. The molecule has 426 valence electrons. The van der Waals surface area contributed by atoms with Crippen LogP contribution in [-0.2, 0) is 43.3 Å². The Balaban J connectivity index is 1.13. The van der Waals surface area contributed by atoms with E-state index in [9.17, 15) is 0 Å². The molecule has 7 aliphatic rings. The fourth-order valence-corrected chi connectivity index (χ4v) is 19.2. The van der Waals surface area contributed by atoms with Crippen molar-refractivity contribution in [2.75, 3.05) is 14.7 Å². The van der Waals surface area contributed by atoms with Crippen molar-refractivity contribution in [1.82, 2.24) is 0 Å². The third-order valence-corrected chi connectivity index (χ3v) is 25.1. The summed E-state index contributed by atoms with van der Waals surface area (Å²) in [5, 5.41) is 2.69. The van der Waals surface area contributed by atoms with Crippen LogP contribution in [0, 0.1) is 0 Å². The third kappa shape index (κ3) is 7.40. The van der Waals surface area contributed by atoms with Crippen LogP contribution in [0.2, 0.25) is 0 Å². The summed E-state index contributed by atoms with van der Waals surface area (Å²) in [5.74, 6) is 0. The van der Waals surface area contributed by atoms with Gasteiger partial charge in [-0.2, -0.15) is 0 Å². The molecular formula is C78H90BN3S. The molecule has 15 rings (SSSR count). The van der Waals surface area contributed by atoms with Gasteiger partial charge in [-0.3, -0.25) is 0 Å². The summed E-state index contributed by atoms with van der Waals surface area (Å²) in [6.07, 6.45) is 11.8. The molecule has 0 spiro atoms. The van der Waals surface area contributed by atoms with Gasteiger partial charge in [-0.25, -0.2) is 0 Å². The first-order valence-electron chi connectivity index (χ1n) is 32.1. The molecule has 7 aromatic carbocycles. The molecule has 3 nitrogen and oxygen atoms in total. The van der Waals surface area contributed by atoms with E-state index >= 15 is 0 Å². The van der Waals surface area contributed by atoms with Crippen molar-refractivity contribution in [3.63, 3.8) is 0 Å². The van der Waals surface area contributed by atoms with E-state index < -0.39 is 0 Å². The highest BCUT2D eigenvalue weighted by Crippen LogP contribution is 2.63. The maximum atomic E-state index is 2.90. The maximum absolute atomic E-state index is 2.90. The summed E-state index contributed by atoms with van der Waals surface area (Å²) in [4.78, 5) is 8.54. The minimum atomic E-state index is -0.159. The Morgan fingerprint density at radius 3 is 1.52 bits per heavy atom. The van der Waals surface area contributed by atoms with Crippen LogP contribution in [0.5, 0.6) is 0 Å². The smallest absolute Gasteiger partial charge is 0.252 e. The van der Waals surface area contributed by atoms with E-state index in [0.717, 1.165) is 12.8 Å². The summed E-state index contributed by atoms with van der Waals surface area (Å²) in [6.45, 7) is 42.7. The van der Waals surface area contributed by atoms with Crippen LogP contribution in [0.1, 0.15) is 226 Å². The molecule has 1 saturated carbocycles. The molecule has 83 heavy (non-hydrogen) atoms. The second kappa shape index (κ2) is 17.0. The number of hydrogen-bond acceptors (Lipinski definition) is 4. The SMILES string of the molecule is CC(C)(C)c1ccc2c(c1)C1(C)CCCCC1(C)N2c1cc2c3c(c1)N(c1cccc4sc5ccccc5c14)c1cc4c(cc1B3c1cc3c(cc1N2c1ccc2c(c1)C(C)(C)CCC2(C)C)C(C)(C)CCC3(C)C)C(C)(C)CCC4(C)C. The molecule has 0 N–H and O–H groups in total. The van der Waals surface area contributed by atoms with Gasteiger partial charge in [-0.1, -0.05) is 178 Å². The Kier molecular flexibility index (Phi) is 11.1. The molecule has 2 atom stereocenters. The van der Waals surface area contributed by atoms with Crippen molar-refractivity contribution in [2.45, 2.75) is 231 Å². The van der Waals surface area contributed by atoms with Crippen LogP contribution in [0.25, 0.3) is 20.2 Å². The van der Waals surface area contributed by atoms with Gasteiger partial charge in [-0.15, -0.1) is 11.3 Å². The second-order valence-corrected chi connectivity index (χ2v) is 33.9. The summed E-state index contributed by atoms with van der Waals surface area (Å²) < 4.78 is 2.68. The van der Waals surface area contributed by atoms with Gasteiger partial charge < -0.3 is 14.7 Å². The van der Waals surface area contributed by atoms with E-state index in [1.807, 2.05) is 11.3 Å². The van der Waals surface area contributed by atoms with Gasteiger partial charge >= 0.3 is 0 Å². The summed E-state index contributed by atoms with van der Waals surface area (Å²) in [7, 11) is 0. The lowest BCUT2D eigenvalue weighted by Gasteiger charge is -2.52. The Labute approximate surface area is 502 Å². The summed E-state index contributed by atoms with van der Waals surface area (Å²) in [6, 6.07) is 48.3. The minimum absolute atomic E-state index is 0.00834. The topological polar surface area (TPSA) is 9.72 Å². The number of nitrogens with zero attached hydrogens (tertiary/aromatic N) is 3. The van der Waals surface area contributed by atoms with Crippen LogP contribution in [-0.4, -0.2) is 12.3 Å². The third-order valence-electron chi connectivity index (χ3n) is 23.9. The van der Waals surface area contributed by atoms with Crippen LogP contribution in [0.15, 0.2) is 115 Å². The number of benzene rings is 7. The number of rotatable bonds is 3. The monoisotopic (exact) mass is 1110 g/mol. The Hall–Kier alpha value is -5.78. The Morgan fingerprint density at radius 2 is 0.916 bits per heavy atom. The van der Waals surface area contributed by atoms with E-state index in [1.165, 1.54) is 178 Å². The van der Waals surface area contributed by atoms with Crippen molar-refractivity contribution in [2.24, 2.45) is 0 Å². The number of fused-ring (bicyclic) bond motifs is 13. The second-order valence-electron chi connectivity index (χ2n) is 32.8. The molecule has 0 radical (unpaired) electrons. The van der Waals surface area contributed by atoms with Gasteiger partial charge in [0.05, 0.1) is 11.2 Å². The van der Waals surface area contributed by atoms with Gasteiger partial charge in [-0.05, 0) is 218 Å². The predicted octanol–water partition coefficient (Wildman–Crippen LogP) is 20.2. The van der Waals surface area contributed by atoms with Crippen molar-refractivity contribution in [1.29, 1.82) is 0 Å². The molecule has 0 bridgehead atoms. The first kappa shape index (κ1) is 53.9. The van der Waals surface area contributed by atoms with E-state index in [-0.39, 0.29) is 55.6 Å². The van der Waals surface area contributed by atoms with Crippen LogP contribution in [0.4, 0.5) is 45.5 Å². The average Bonchev–Trinajstić information content (AvgIpc) is 3.15. The Bertz CT molecular complexity index is 4120. The Morgan fingerprint density at radius 1 is 0.398 bits per heavy atom. The van der Waals surface area contributed by atoms with E-state index in [1.54, 1.807) is 0 Å². The highest BCUT2D eigenvalue weighted by molar-refractivity contribution is 7.26. The number of thiophene rings is 1. The molecule has 4 aliphatic carbocycles. The van der Waals surface area contributed by atoms with Gasteiger partial charge in [0.15, 0.2) is 0 Å². The molecular weight excluding hydrogens is 1020 g/mol.